The first-order valence-corrected chi connectivity index (χ1v) is 10.6. The molecule has 1 fully saturated rings. The van der Waals surface area contributed by atoms with Gasteiger partial charge in [-0.2, -0.15) is 15.2 Å². The van der Waals surface area contributed by atoms with E-state index < -0.39 is 6.17 Å². The van der Waals surface area contributed by atoms with Gasteiger partial charge < -0.3 is 15.6 Å². The smallest absolute Gasteiger partial charge is 0.259 e. The number of hydrogen-bond acceptors (Lipinski definition) is 7. The van der Waals surface area contributed by atoms with Crippen molar-refractivity contribution < 1.29 is 13.7 Å². The number of nitrogens with zero attached hydrogens (tertiary/aromatic N) is 6. The number of anilines is 2. The number of fused-ring (bicyclic) bond motifs is 1. The Hall–Kier alpha value is -4.54. The highest BCUT2D eigenvalue weighted by Crippen LogP contribution is 2.43. The van der Waals surface area contributed by atoms with E-state index in [0.29, 0.717) is 46.2 Å². The van der Waals surface area contributed by atoms with E-state index in [1.54, 1.807) is 33.9 Å². The Bertz CT molecular complexity index is 1550. The second-order valence-corrected chi connectivity index (χ2v) is 8.29. The van der Waals surface area contributed by atoms with Crippen LogP contribution in [0, 0.1) is 6.92 Å². The summed E-state index contributed by atoms with van der Waals surface area (Å²) in [5.74, 6) is 0.0162. The quantitative estimate of drug-likeness (QED) is 0.412. The minimum atomic E-state index is -0.918. The van der Waals surface area contributed by atoms with Crippen LogP contribution in [0.4, 0.5) is 15.8 Å². The number of aromatic nitrogens is 6. The summed E-state index contributed by atoms with van der Waals surface area (Å²) in [4.78, 5) is 17.5. The average molecular weight is 458 g/mol. The van der Waals surface area contributed by atoms with E-state index in [1.807, 2.05) is 31.2 Å². The molecular formula is C23H19FN8O2. The van der Waals surface area contributed by atoms with Gasteiger partial charge in [0.05, 0.1) is 47.0 Å². The molecule has 1 aliphatic rings. The molecule has 0 aliphatic heterocycles. The van der Waals surface area contributed by atoms with E-state index in [0.717, 1.165) is 11.3 Å². The van der Waals surface area contributed by atoms with Gasteiger partial charge in [-0.3, -0.25) is 4.79 Å². The van der Waals surface area contributed by atoms with Gasteiger partial charge in [-0.05, 0) is 37.1 Å². The first-order valence-electron chi connectivity index (χ1n) is 10.6. The molecule has 0 unspecified atom stereocenters. The van der Waals surface area contributed by atoms with Crippen molar-refractivity contribution in [1.82, 2.24) is 29.5 Å². The fourth-order valence-electron chi connectivity index (χ4n) is 3.77. The molecule has 3 N–H and O–H groups in total. The fraction of sp³-hybridized carbons (Fsp3) is 0.174. The topological polar surface area (TPSA) is 129 Å². The Kier molecular flexibility index (Phi) is 4.44. The molecule has 34 heavy (non-hydrogen) atoms. The molecule has 6 rings (SSSR count). The zero-order valence-corrected chi connectivity index (χ0v) is 18.0. The number of hydrogen-bond donors (Lipinski definition) is 2. The highest BCUT2D eigenvalue weighted by Gasteiger charge is 2.43. The van der Waals surface area contributed by atoms with Crippen LogP contribution in [0.15, 0.2) is 59.6 Å². The maximum absolute atomic E-state index is 13.3. The van der Waals surface area contributed by atoms with Crippen molar-refractivity contribution in [3.63, 3.8) is 0 Å². The highest BCUT2D eigenvalue weighted by atomic mass is 19.1. The summed E-state index contributed by atoms with van der Waals surface area (Å²) >= 11 is 0. The Labute approximate surface area is 192 Å². The van der Waals surface area contributed by atoms with Crippen LogP contribution in [0.1, 0.15) is 34.2 Å². The molecule has 170 valence electrons. The van der Waals surface area contributed by atoms with Gasteiger partial charge in [0.25, 0.3) is 5.91 Å². The fourth-order valence-corrected chi connectivity index (χ4v) is 3.77. The van der Waals surface area contributed by atoms with E-state index in [4.69, 9.17) is 10.3 Å². The number of carbonyl (C=O) groups excluding carboxylic acids is 1. The number of nitrogens with two attached hydrogens (primary N) is 1. The lowest BCUT2D eigenvalue weighted by Crippen LogP contribution is -2.13. The lowest BCUT2D eigenvalue weighted by atomic mass is 10.1. The van der Waals surface area contributed by atoms with Crippen molar-refractivity contribution in [2.75, 3.05) is 11.1 Å². The van der Waals surface area contributed by atoms with E-state index in [9.17, 15) is 9.18 Å². The predicted octanol–water partition coefficient (Wildman–Crippen LogP) is 3.54. The lowest BCUT2D eigenvalue weighted by Gasteiger charge is -2.09. The normalized spacial score (nSPS) is 17.2. The average Bonchev–Trinajstić information content (AvgIpc) is 3.25. The summed E-state index contributed by atoms with van der Waals surface area (Å²) in [7, 11) is 0. The molecule has 4 aromatic heterocycles. The zero-order chi connectivity index (χ0) is 23.4. The molecule has 2 atom stereocenters. The summed E-state index contributed by atoms with van der Waals surface area (Å²) in [6.07, 6.45) is 6.00. The lowest BCUT2D eigenvalue weighted by molar-refractivity contribution is 0.102. The third-order valence-corrected chi connectivity index (χ3v) is 5.83. The minimum absolute atomic E-state index is 0.301. The third-order valence-electron chi connectivity index (χ3n) is 5.83. The molecule has 1 saturated carbocycles. The van der Waals surface area contributed by atoms with Gasteiger partial charge in [0.15, 0.2) is 0 Å². The molecule has 4 heterocycles. The van der Waals surface area contributed by atoms with Crippen LogP contribution < -0.4 is 11.1 Å². The summed E-state index contributed by atoms with van der Waals surface area (Å²) in [5, 5.41) is 15.4. The van der Waals surface area contributed by atoms with Crippen LogP contribution in [-0.4, -0.2) is 41.6 Å². The second-order valence-electron chi connectivity index (χ2n) is 8.29. The second kappa shape index (κ2) is 7.51. The standard InChI is InChI=1S/C23H19FN8O2/c1-12-2-3-13(21-29-23(34-30-21)16-8-18(16)24)6-19(12)28-22(33)17-10-27-31-5-4-15(7-20(17)31)32-11-14(25)9-26-32/h2-7,9-11,16,18H,8,25H2,1H3,(H,28,33)/t16-,18-/m0/s1. The predicted molar refractivity (Wildman–Crippen MR) is 121 cm³/mol. The van der Waals surface area contributed by atoms with Gasteiger partial charge in [-0.1, -0.05) is 17.3 Å². The molecule has 1 amide bonds. The Morgan fingerprint density at radius 2 is 2.09 bits per heavy atom. The highest BCUT2D eigenvalue weighted by molar-refractivity contribution is 6.09. The number of nitrogen functional groups attached to an aromatic ring is 1. The maximum Gasteiger partial charge on any atom is 0.259 e. The zero-order valence-electron chi connectivity index (χ0n) is 18.0. The number of halogens is 1. The van der Waals surface area contributed by atoms with E-state index in [1.165, 1.54) is 6.20 Å². The van der Waals surface area contributed by atoms with Crippen molar-refractivity contribution in [1.29, 1.82) is 0 Å². The van der Waals surface area contributed by atoms with Gasteiger partial charge in [-0.15, -0.1) is 0 Å². The maximum atomic E-state index is 13.3. The van der Waals surface area contributed by atoms with E-state index in [-0.39, 0.29) is 11.8 Å². The van der Waals surface area contributed by atoms with Crippen LogP contribution in [0.25, 0.3) is 22.6 Å². The van der Waals surface area contributed by atoms with Crippen molar-refractivity contribution in [2.45, 2.75) is 25.4 Å². The summed E-state index contributed by atoms with van der Waals surface area (Å²) in [6, 6.07) is 9.09. The molecule has 5 aromatic rings. The molecule has 11 heteroatoms. The molecular weight excluding hydrogens is 439 g/mol. The summed E-state index contributed by atoms with van der Waals surface area (Å²) in [6.45, 7) is 1.88. The van der Waals surface area contributed by atoms with Crippen molar-refractivity contribution in [3.8, 4) is 17.1 Å². The van der Waals surface area contributed by atoms with Crippen LogP contribution in [0.2, 0.25) is 0 Å². The SMILES string of the molecule is Cc1ccc(-c2noc([C@H]3C[C@@H]3F)n2)cc1NC(=O)c1cnn2ccc(-n3cc(N)cn3)cc12. The Morgan fingerprint density at radius 1 is 1.24 bits per heavy atom. The number of alkyl halides is 1. The summed E-state index contributed by atoms with van der Waals surface area (Å²) < 4.78 is 21.8. The molecule has 1 aliphatic carbocycles. The summed E-state index contributed by atoms with van der Waals surface area (Å²) in [5.41, 5.74) is 10.2. The van der Waals surface area contributed by atoms with Crippen LogP contribution in [-0.2, 0) is 0 Å². The third kappa shape index (κ3) is 3.47. The van der Waals surface area contributed by atoms with Crippen LogP contribution in [0.3, 0.4) is 0 Å². The largest absolute Gasteiger partial charge is 0.396 e. The Balaban J connectivity index is 1.29. The molecule has 0 radical (unpaired) electrons. The van der Waals surface area contributed by atoms with Crippen LogP contribution in [0.5, 0.6) is 0 Å². The monoisotopic (exact) mass is 458 g/mol. The van der Waals surface area contributed by atoms with Gasteiger partial charge in [0, 0.05) is 17.4 Å². The molecule has 0 saturated heterocycles. The van der Waals surface area contributed by atoms with Crippen molar-refractivity contribution in [2.24, 2.45) is 0 Å². The molecule has 10 nitrogen and oxygen atoms in total. The molecule has 1 aromatic carbocycles. The number of rotatable bonds is 5. The van der Waals surface area contributed by atoms with Gasteiger partial charge in [0.2, 0.25) is 11.7 Å². The number of amides is 1. The van der Waals surface area contributed by atoms with Gasteiger partial charge in [-0.25, -0.2) is 13.6 Å². The van der Waals surface area contributed by atoms with E-state index >= 15 is 0 Å². The number of aryl methyl sites for hydroxylation is 1. The molecule has 0 bridgehead atoms. The number of pyridine rings is 1. The van der Waals surface area contributed by atoms with E-state index in [2.05, 4.69) is 25.7 Å². The number of nitrogens with one attached hydrogen (secondary N) is 1. The first kappa shape index (κ1) is 20.1. The number of carbonyl (C=O) groups is 1. The Morgan fingerprint density at radius 3 is 2.85 bits per heavy atom. The molecule has 0 spiro atoms. The van der Waals surface area contributed by atoms with Crippen molar-refractivity contribution in [3.05, 3.63) is 72.1 Å². The first-order chi connectivity index (χ1) is 16.5. The van der Waals surface area contributed by atoms with Gasteiger partial charge in [0.1, 0.15) is 6.17 Å². The minimum Gasteiger partial charge on any atom is -0.396 e. The van der Waals surface area contributed by atoms with Crippen LogP contribution >= 0.6 is 0 Å². The van der Waals surface area contributed by atoms with Crippen molar-refractivity contribution >= 4 is 22.8 Å². The van der Waals surface area contributed by atoms with Gasteiger partial charge >= 0.3 is 0 Å². The number of benzene rings is 1.